The minimum Gasteiger partial charge on any atom is -0.484 e. The zero-order valence-electron chi connectivity index (χ0n) is 14.3. The van der Waals surface area contributed by atoms with Gasteiger partial charge in [-0.1, -0.05) is 30.0 Å². The molecule has 0 atom stereocenters. The Bertz CT molecular complexity index is 976. The number of aromatic nitrogens is 2. The van der Waals surface area contributed by atoms with Gasteiger partial charge in [-0.3, -0.25) is 4.79 Å². The molecule has 0 radical (unpaired) electrons. The number of fused-ring (bicyclic) bond motifs is 1. The van der Waals surface area contributed by atoms with E-state index in [2.05, 4.69) is 15.5 Å². The molecule has 1 N–H and O–H groups in total. The molecular weight excluding hydrogens is 369 g/mol. The van der Waals surface area contributed by atoms with Crippen molar-refractivity contribution in [3.05, 3.63) is 65.3 Å². The van der Waals surface area contributed by atoms with Crippen molar-refractivity contribution in [1.82, 2.24) is 10.2 Å². The predicted molar refractivity (Wildman–Crippen MR) is 98.0 cm³/mol. The van der Waals surface area contributed by atoms with E-state index in [0.717, 1.165) is 11.3 Å². The summed E-state index contributed by atoms with van der Waals surface area (Å²) in [6, 6.07) is 12.1. The topological polar surface area (TPSA) is 77.2 Å². The Morgan fingerprint density at radius 2 is 2.07 bits per heavy atom. The van der Waals surface area contributed by atoms with Gasteiger partial charge in [0.1, 0.15) is 11.6 Å². The highest BCUT2D eigenvalue weighted by molar-refractivity contribution is 7.98. The van der Waals surface area contributed by atoms with Crippen molar-refractivity contribution in [2.24, 2.45) is 0 Å². The van der Waals surface area contributed by atoms with Gasteiger partial charge in [0.2, 0.25) is 5.91 Å². The highest BCUT2D eigenvalue weighted by Gasteiger charge is 2.15. The molecule has 2 heterocycles. The molecule has 1 aliphatic rings. The third-order valence-corrected chi connectivity index (χ3v) is 4.96. The van der Waals surface area contributed by atoms with E-state index in [0.29, 0.717) is 41.0 Å². The molecule has 0 aliphatic carbocycles. The summed E-state index contributed by atoms with van der Waals surface area (Å²) >= 11 is 1.27. The molecule has 138 valence electrons. The largest absolute Gasteiger partial charge is 0.484 e. The lowest BCUT2D eigenvalue weighted by molar-refractivity contribution is -0.116. The summed E-state index contributed by atoms with van der Waals surface area (Å²) < 4.78 is 24.9. The number of ether oxygens (including phenoxy) is 1. The van der Waals surface area contributed by atoms with Gasteiger partial charge in [-0.25, -0.2) is 4.39 Å². The second-order valence-electron chi connectivity index (χ2n) is 6.00. The number of thioether (sulfide) groups is 1. The maximum absolute atomic E-state index is 13.6. The van der Waals surface area contributed by atoms with Gasteiger partial charge in [-0.15, -0.1) is 10.2 Å². The van der Waals surface area contributed by atoms with E-state index >= 15 is 0 Å². The van der Waals surface area contributed by atoms with Crippen LogP contribution in [-0.2, 0) is 23.6 Å². The first kappa shape index (κ1) is 17.5. The molecule has 0 fully saturated rings. The molecular formula is C19H16FN3O3S. The Kier molecular flexibility index (Phi) is 5.06. The third-order valence-electron chi connectivity index (χ3n) is 4.09. The van der Waals surface area contributed by atoms with Crippen molar-refractivity contribution in [3.63, 3.8) is 0 Å². The van der Waals surface area contributed by atoms with Crippen molar-refractivity contribution >= 4 is 23.4 Å². The van der Waals surface area contributed by atoms with Crippen LogP contribution < -0.4 is 10.1 Å². The third kappa shape index (κ3) is 4.28. The number of nitrogens with one attached hydrogen (secondary N) is 1. The van der Waals surface area contributed by atoms with Crippen LogP contribution >= 0.6 is 11.8 Å². The summed E-state index contributed by atoms with van der Waals surface area (Å²) in [6.07, 6.45) is 1.17. The molecule has 1 amide bonds. The summed E-state index contributed by atoms with van der Waals surface area (Å²) in [5.74, 6) is 1.20. The first-order valence-electron chi connectivity index (χ1n) is 8.41. The number of benzene rings is 2. The van der Waals surface area contributed by atoms with Crippen molar-refractivity contribution in [2.45, 2.75) is 30.4 Å². The minimum atomic E-state index is -0.253. The Labute approximate surface area is 159 Å². The summed E-state index contributed by atoms with van der Waals surface area (Å²) in [5, 5.41) is 11.1. The number of hydrogen-bond acceptors (Lipinski definition) is 6. The van der Waals surface area contributed by atoms with Crippen LogP contribution in [0.2, 0.25) is 0 Å². The Morgan fingerprint density at radius 3 is 2.96 bits per heavy atom. The molecule has 0 spiro atoms. The van der Waals surface area contributed by atoms with Crippen molar-refractivity contribution in [2.75, 3.05) is 5.32 Å². The number of carbonyl (C=O) groups excluding carboxylic acids is 1. The van der Waals surface area contributed by atoms with Gasteiger partial charge in [0, 0.05) is 17.9 Å². The van der Waals surface area contributed by atoms with Gasteiger partial charge < -0.3 is 14.5 Å². The number of anilines is 1. The molecule has 4 rings (SSSR count). The smallest absolute Gasteiger partial charge is 0.277 e. The van der Waals surface area contributed by atoms with Crippen LogP contribution in [0, 0.1) is 5.82 Å². The number of carbonyl (C=O) groups is 1. The first-order valence-corrected chi connectivity index (χ1v) is 9.40. The zero-order chi connectivity index (χ0) is 18.6. The minimum absolute atomic E-state index is 0.0300. The van der Waals surface area contributed by atoms with Gasteiger partial charge in [0.05, 0.1) is 0 Å². The fourth-order valence-electron chi connectivity index (χ4n) is 2.70. The van der Waals surface area contributed by atoms with E-state index in [-0.39, 0.29) is 18.3 Å². The van der Waals surface area contributed by atoms with Crippen molar-refractivity contribution < 1.29 is 18.3 Å². The lowest BCUT2D eigenvalue weighted by Crippen LogP contribution is -2.18. The molecule has 0 bridgehead atoms. The lowest BCUT2D eigenvalue weighted by Gasteiger charge is -2.17. The highest BCUT2D eigenvalue weighted by atomic mass is 32.2. The molecule has 3 aromatic rings. The maximum Gasteiger partial charge on any atom is 0.277 e. The van der Waals surface area contributed by atoms with Crippen LogP contribution in [0.4, 0.5) is 10.1 Å². The quantitative estimate of drug-likeness (QED) is 0.647. The number of halogens is 1. The highest BCUT2D eigenvalue weighted by Crippen LogP contribution is 2.27. The SMILES string of the molecule is O=C1CCc2cc(OCc3nnc(SCc4ccccc4F)o3)ccc2N1. The second-order valence-corrected chi connectivity index (χ2v) is 6.92. The van der Waals surface area contributed by atoms with Gasteiger partial charge >= 0.3 is 0 Å². The Balaban J connectivity index is 1.33. The zero-order valence-corrected chi connectivity index (χ0v) is 15.1. The van der Waals surface area contributed by atoms with Crippen molar-refractivity contribution in [3.8, 4) is 5.75 Å². The van der Waals surface area contributed by atoms with Crippen LogP contribution in [0.25, 0.3) is 0 Å². The number of nitrogens with zero attached hydrogens (tertiary/aromatic N) is 2. The Hall–Kier alpha value is -2.87. The molecule has 2 aromatic carbocycles. The second kappa shape index (κ2) is 7.79. The predicted octanol–water partition coefficient (Wildman–Crippen LogP) is 3.96. The monoisotopic (exact) mass is 385 g/mol. The standard InChI is InChI=1S/C19H16FN3O3S/c20-15-4-2-1-3-13(15)11-27-19-23-22-18(26-19)10-25-14-6-7-16-12(9-14)5-8-17(24)21-16/h1-4,6-7,9H,5,8,10-11H2,(H,21,24). The van der Waals surface area contributed by atoms with Gasteiger partial charge in [-0.2, -0.15) is 0 Å². The van der Waals surface area contributed by atoms with Crippen molar-refractivity contribution in [1.29, 1.82) is 0 Å². The van der Waals surface area contributed by atoms with E-state index in [4.69, 9.17) is 9.15 Å². The average Bonchev–Trinajstić information content (AvgIpc) is 3.13. The number of amides is 1. The molecule has 0 saturated heterocycles. The summed E-state index contributed by atoms with van der Waals surface area (Å²) in [7, 11) is 0. The molecule has 1 aliphatic heterocycles. The van der Waals surface area contributed by atoms with E-state index in [1.807, 2.05) is 12.1 Å². The van der Waals surface area contributed by atoms with E-state index in [9.17, 15) is 9.18 Å². The van der Waals surface area contributed by atoms with Crippen LogP contribution in [0.15, 0.2) is 52.1 Å². The Morgan fingerprint density at radius 1 is 1.19 bits per heavy atom. The van der Waals surface area contributed by atoms with E-state index in [1.165, 1.54) is 17.8 Å². The number of rotatable bonds is 6. The summed E-state index contributed by atoms with van der Waals surface area (Å²) in [5.41, 5.74) is 2.45. The molecule has 27 heavy (non-hydrogen) atoms. The normalized spacial score (nSPS) is 13.1. The van der Waals surface area contributed by atoms with Gasteiger partial charge in [-0.05, 0) is 41.8 Å². The number of aryl methyl sites for hydroxylation is 1. The van der Waals surface area contributed by atoms with Gasteiger partial charge in [0.25, 0.3) is 11.1 Å². The summed E-state index contributed by atoms with van der Waals surface area (Å²) in [6.45, 7) is 0.137. The molecule has 0 unspecified atom stereocenters. The lowest BCUT2D eigenvalue weighted by atomic mass is 10.0. The van der Waals surface area contributed by atoms with Gasteiger partial charge in [0.15, 0.2) is 6.61 Å². The molecule has 1 aromatic heterocycles. The maximum atomic E-state index is 13.6. The fraction of sp³-hybridized carbons (Fsp3) is 0.211. The van der Waals surface area contributed by atoms with E-state index in [1.54, 1.807) is 24.3 Å². The molecule has 8 heteroatoms. The van der Waals surface area contributed by atoms with E-state index < -0.39 is 0 Å². The fourth-order valence-corrected chi connectivity index (χ4v) is 3.47. The van der Waals surface area contributed by atoms with Crippen LogP contribution in [0.1, 0.15) is 23.4 Å². The van der Waals surface area contributed by atoms with Crippen LogP contribution in [0.3, 0.4) is 0 Å². The van der Waals surface area contributed by atoms with Crippen LogP contribution in [0.5, 0.6) is 5.75 Å². The average molecular weight is 385 g/mol. The molecule has 6 nitrogen and oxygen atoms in total. The first-order chi connectivity index (χ1) is 13.2. The molecule has 0 saturated carbocycles. The van der Waals surface area contributed by atoms with Crippen LogP contribution in [-0.4, -0.2) is 16.1 Å². The number of hydrogen-bond donors (Lipinski definition) is 1. The summed E-state index contributed by atoms with van der Waals surface area (Å²) in [4.78, 5) is 11.4.